The molecule has 1 aliphatic heterocycles. The number of aromatic nitrogens is 2. The summed E-state index contributed by atoms with van der Waals surface area (Å²) in [5.74, 6) is -0.225. The molecule has 0 saturated carbocycles. The van der Waals surface area contributed by atoms with E-state index < -0.39 is 0 Å². The first-order valence-electron chi connectivity index (χ1n) is 6.51. The van der Waals surface area contributed by atoms with Gasteiger partial charge < -0.3 is 10.6 Å². The van der Waals surface area contributed by atoms with E-state index in [1.54, 1.807) is 12.3 Å². The van der Waals surface area contributed by atoms with Gasteiger partial charge in [0.25, 0.3) is 0 Å². The third kappa shape index (κ3) is 1.56. The number of nitrogens with two attached hydrogens (primary N) is 1. The normalized spacial score (nSPS) is 13.9. The third-order valence-electron chi connectivity index (χ3n) is 3.82. The van der Waals surface area contributed by atoms with E-state index in [1.165, 1.54) is 6.07 Å². The number of benzene rings is 2. The highest BCUT2D eigenvalue weighted by Crippen LogP contribution is 2.39. The number of hydrogen-bond donors (Lipinski definition) is 2. The van der Waals surface area contributed by atoms with Crippen molar-refractivity contribution in [2.75, 3.05) is 17.2 Å². The lowest BCUT2D eigenvalue weighted by molar-refractivity contribution is 0.628. The Balaban J connectivity index is 1.89. The molecule has 0 saturated heterocycles. The van der Waals surface area contributed by atoms with Crippen molar-refractivity contribution in [1.29, 1.82) is 0 Å². The smallest absolute Gasteiger partial charge is 0.125 e. The van der Waals surface area contributed by atoms with Crippen LogP contribution in [0.15, 0.2) is 36.5 Å². The van der Waals surface area contributed by atoms with Crippen molar-refractivity contribution in [3.63, 3.8) is 0 Å². The fraction of sp³-hybridized carbons (Fsp3) is 0.133. The van der Waals surface area contributed by atoms with E-state index in [1.807, 2.05) is 18.2 Å². The van der Waals surface area contributed by atoms with Crippen LogP contribution in [0.3, 0.4) is 0 Å². The Labute approximate surface area is 115 Å². The molecule has 3 N–H and O–H groups in total. The molecule has 3 aromatic rings. The molecule has 1 aromatic heterocycles. The minimum absolute atomic E-state index is 0.225. The van der Waals surface area contributed by atoms with Crippen molar-refractivity contribution in [2.24, 2.45) is 0 Å². The van der Waals surface area contributed by atoms with Gasteiger partial charge in [-0.1, -0.05) is 6.07 Å². The maximum atomic E-state index is 13.5. The van der Waals surface area contributed by atoms with Gasteiger partial charge in [0.05, 0.1) is 23.1 Å². The topological polar surface area (TPSA) is 57.9 Å². The Kier molecular flexibility index (Phi) is 2.24. The van der Waals surface area contributed by atoms with Gasteiger partial charge in [-0.05, 0) is 36.2 Å². The molecule has 0 aliphatic carbocycles. The maximum absolute atomic E-state index is 13.5. The number of hydrogen-bond acceptors (Lipinski definition) is 3. The second-order valence-electron chi connectivity index (χ2n) is 5.04. The quantitative estimate of drug-likeness (QED) is 0.667. The number of H-pyrrole nitrogens is 1. The van der Waals surface area contributed by atoms with Crippen molar-refractivity contribution >= 4 is 28.0 Å². The third-order valence-corrected chi connectivity index (χ3v) is 3.82. The molecular weight excluding hydrogens is 255 g/mol. The van der Waals surface area contributed by atoms with Crippen molar-refractivity contribution in [1.82, 2.24) is 10.2 Å². The number of rotatable bonds is 1. The minimum atomic E-state index is -0.225. The molecule has 100 valence electrons. The lowest BCUT2D eigenvalue weighted by Crippen LogP contribution is -2.15. The summed E-state index contributed by atoms with van der Waals surface area (Å²) in [5, 5.41) is 7.93. The monoisotopic (exact) mass is 268 g/mol. The van der Waals surface area contributed by atoms with Crippen LogP contribution >= 0.6 is 0 Å². The van der Waals surface area contributed by atoms with Gasteiger partial charge in [0.1, 0.15) is 5.82 Å². The molecule has 5 heteroatoms. The summed E-state index contributed by atoms with van der Waals surface area (Å²) in [5.41, 5.74) is 10.7. The molecule has 20 heavy (non-hydrogen) atoms. The Morgan fingerprint density at radius 1 is 1.20 bits per heavy atom. The van der Waals surface area contributed by atoms with E-state index in [-0.39, 0.29) is 5.82 Å². The predicted molar refractivity (Wildman–Crippen MR) is 77.6 cm³/mol. The molecule has 1 aliphatic rings. The van der Waals surface area contributed by atoms with Crippen LogP contribution in [0.1, 0.15) is 5.56 Å². The van der Waals surface area contributed by atoms with Gasteiger partial charge in [-0.2, -0.15) is 5.10 Å². The number of anilines is 3. The maximum Gasteiger partial charge on any atom is 0.125 e. The molecule has 0 fully saturated rings. The standard InChI is InChI=1S/C15H13FN4/c16-11-2-1-9-3-4-20(14(9)6-11)15-7-13-10(5-12(15)17)8-18-19-13/h1-2,5-8H,3-4,17H2,(H,18,19). The summed E-state index contributed by atoms with van der Waals surface area (Å²) in [6, 6.07) is 8.78. The minimum Gasteiger partial charge on any atom is -0.397 e. The van der Waals surface area contributed by atoms with E-state index in [0.29, 0.717) is 5.69 Å². The molecule has 0 spiro atoms. The fourth-order valence-corrected chi connectivity index (χ4v) is 2.83. The second kappa shape index (κ2) is 3.96. The van der Waals surface area contributed by atoms with E-state index in [9.17, 15) is 4.39 Å². The van der Waals surface area contributed by atoms with Crippen molar-refractivity contribution in [2.45, 2.75) is 6.42 Å². The van der Waals surface area contributed by atoms with Gasteiger partial charge in [0.15, 0.2) is 0 Å². The Morgan fingerprint density at radius 2 is 2.10 bits per heavy atom. The van der Waals surface area contributed by atoms with Gasteiger partial charge in [0.2, 0.25) is 0 Å². The van der Waals surface area contributed by atoms with Crippen molar-refractivity contribution in [3.05, 3.63) is 47.9 Å². The van der Waals surface area contributed by atoms with Gasteiger partial charge in [-0.15, -0.1) is 0 Å². The highest BCUT2D eigenvalue weighted by atomic mass is 19.1. The van der Waals surface area contributed by atoms with E-state index in [2.05, 4.69) is 15.1 Å². The molecule has 4 nitrogen and oxygen atoms in total. The number of halogens is 1. The van der Waals surface area contributed by atoms with E-state index >= 15 is 0 Å². The number of nitrogens with one attached hydrogen (secondary N) is 1. The molecule has 2 aromatic carbocycles. The zero-order valence-corrected chi connectivity index (χ0v) is 10.7. The van der Waals surface area contributed by atoms with Gasteiger partial charge in [-0.3, -0.25) is 5.10 Å². The summed E-state index contributed by atoms with van der Waals surface area (Å²) in [4.78, 5) is 2.06. The zero-order valence-electron chi connectivity index (χ0n) is 10.7. The van der Waals surface area contributed by atoms with Crippen LogP contribution in [0.25, 0.3) is 10.9 Å². The van der Waals surface area contributed by atoms with Crippen molar-refractivity contribution in [3.8, 4) is 0 Å². The van der Waals surface area contributed by atoms with E-state index in [4.69, 9.17) is 5.73 Å². The number of nitrogen functional groups attached to an aromatic ring is 1. The second-order valence-corrected chi connectivity index (χ2v) is 5.04. The summed E-state index contributed by atoms with van der Waals surface area (Å²) in [6.07, 6.45) is 2.64. The Hall–Kier alpha value is -2.56. The Bertz CT molecular complexity index is 809. The highest BCUT2D eigenvalue weighted by molar-refractivity contribution is 5.91. The molecule has 0 atom stereocenters. The van der Waals surface area contributed by atoms with Crippen LogP contribution in [0.4, 0.5) is 21.5 Å². The first kappa shape index (κ1) is 11.3. The van der Waals surface area contributed by atoms with Crippen LogP contribution in [0.2, 0.25) is 0 Å². The first-order chi connectivity index (χ1) is 9.72. The van der Waals surface area contributed by atoms with Crippen LogP contribution in [0.5, 0.6) is 0 Å². The molecular formula is C15H13FN4. The van der Waals surface area contributed by atoms with Crippen molar-refractivity contribution < 1.29 is 4.39 Å². The lowest BCUT2D eigenvalue weighted by atomic mass is 10.1. The predicted octanol–water partition coefficient (Wildman–Crippen LogP) is 2.98. The van der Waals surface area contributed by atoms with Gasteiger partial charge in [-0.25, -0.2) is 4.39 Å². The van der Waals surface area contributed by atoms with Gasteiger partial charge in [0, 0.05) is 17.6 Å². The first-order valence-corrected chi connectivity index (χ1v) is 6.51. The fourth-order valence-electron chi connectivity index (χ4n) is 2.83. The Morgan fingerprint density at radius 3 is 3.00 bits per heavy atom. The summed E-state index contributed by atoms with van der Waals surface area (Å²) >= 11 is 0. The van der Waals surface area contributed by atoms with Crippen LogP contribution < -0.4 is 10.6 Å². The molecule has 0 bridgehead atoms. The molecule has 0 radical (unpaired) electrons. The lowest BCUT2D eigenvalue weighted by Gasteiger charge is -2.21. The number of aromatic amines is 1. The molecule has 0 amide bonds. The van der Waals surface area contributed by atoms with Crippen LogP contribution in [-0.2, 0) is 6.42 Å². The molecule has 2 heterocycles. The molecule has 0 unspecified atom stereocenters. The number of nitrogens with zero attached hydrogens (tertiary/aromatic N) is 2. The number of fused-ring (bicyclic) bond motifs is 2. The van der Waals surface area contributed by atoms with Crippen LogP contribution in [0, 0.1) is 5.82 Å². The summed E-state index contributed by atoms with van der Waals surface area (Å²) < 4.78 is 13.5. The van der Waals surface area contributed by atoms with E-state index in [0.717, 1.165) is 40.8 Å². The summed E-state index contributed by atoms with van der Waals surface area (Å²) in [6.45, 7) is 0.808. The largest absolute Gasteiger partial charge is 0.397 e. The van der Waals surface area contributed by atoms with Gasteiger partial charge >= 0.3 is 0 Å². The average Bonchev–Trinajstić information content (AvgIpc) is 3.03. The molecule has 4 rings (SSSR count). The summed E-state index contributed by atoms with van der Waals surface area (Å²) in [7, 11) is 0. The SMILES string of the molecule is Nc1cc2cn[nH]c2cc1N1CCc2ccc(F)cc21. The average molecular weight is 268 g/mol. The zero-order chi connectivity index (χ0) is 13.7. The van der Waals surface area contributed by atoms with Crippen LogP contribution in [-0.4, -0.2) is 16.7 Å². The highest BCUT2D eigenvalue weighted by Gasteiger charge is 2.23.